The number of aromatic nitrogens is 5. The van der Waals surface area contributed by atoms with Gasteiger partial charge in [0.15, 0.2) is 5.82 Å². The maximum absolute atomic E-state index is 11.8. The van der Waals surface area contributed by atoms with Crippen LogP contribution < -0.4 is 10.2 Å². The van der Waals surface area contributed by atoms with E-state index in [9.17, 15) is 8.42 Å². The van der Waals surface area contributed by atoms with Crippen molar-refractivity contribution in [2.75, 3.05) is 28.8 Å². The van der Waals surface area contributed by atoms with Crippen LogP contribution >= 0.6 is 0 Å². The first kappa shape index (κ1) is 24.8. The number of sulfone groups is 1. The Bertz CT molecular complexity index is 1610. The largest absolute Gasteiger partial charge is 0.368 e. The standard InChI is InChI=1S/C28H33N7O2S/c1-17(2)22-7-8-25(34-14-20(18(34)3)16-38(4,36)37)24-13-30-27(11-23(22)24)32-26-9-10-29-28(33-26)19-12-31-35(15-19)21-5-6-21/h7-13,15,17-18,20-21H,5-6,14,16H2,1-4H3,(H,29,30,32,33)/t18-,20-/m1/s1. The molecule has 38 heavy (non-hydrogen) atoms. The minimum absolute atomic E-state index is 0.141. The quantitative estimate of drug-likeness (QED) is 0.340. The molecule has 0 bridgehead atoms. The zero-order valence-corrected chi connectivity index (χ0v) is 23.0. The van der Waals surface area contributed by atoms with Gasteiger partial charge in [-0.25, -0.2) is 23.4 Å². The number of hydrogen-bond donors (Lipinski definition) is 1. The Morgan fingerprint density at radius 2 is 1.89 bits per heavy atom. The topological polar surface area (TPSA) is 106 Å². The number of nitrogens with one attached hydrogen (secondary N) is 1. The van der Waals surface area contributed by atoms with Gasteiger partial charge in [-0.15, -0.1) is 0 Å². The fourth-order valence-electron chi connectivity index (χ4n) is 5.35. The Labute approximate surface area is 223 Å². The maximum Gasteiger partial charge on any atom is 0.164 e. The van der Waals surface area contributed by atoms with E-state index in [2.05, 4.69) is 59.3 Å². The molecule has 198 valence electrons. The predicted molar refractivity (Wildman–Crippen MR) is 151 cm³/mol. The summed E-state index contributed by atoms with van der Waals surface area (Å²) in [5, 5.41) is 10.0. The zero-order valence-electron chi connectivity index (χ0n) is 22.2. The molecule has 0 radical (unpaired) electrons. The molecule has 2 atom stereocenters. The minimum Gasteiger partial charge on any atom is -0.368 e. The molecule has 0 amide bonds. The van der Waals surface area contributed by atoms with Crippen molar-refractivity contribution in [3.8, 4) is 11.4 Å². The van der Waals surface area contributed by atoms with Crippen molar-refractivity contribution in [1.29, 1.82) is 0 Å². The van der Waals surface area contributed by atoms with E-state index in [0.29, 0.717) is 29.4 Å². The summed E-state index contributed by atoms with van der Waals surface area (Å²) < 4.78 is 25.6. The first-order chi connectivity index (χ1) is 18.2. The number of pyridine rings is 1. The van der Waals surface area contributed by atoms with Gasteiger partial charge in [0, 0.05) is 54.4 Å². The predicted octanol–water partition coefficient (Wildman–Crippen LogP) is 4.96. The minimum atomic E-state index is -3.00. The van der Waals surface area contributed by atoms with Crippen LogP contribution in [0.15, 0.2) is 49.1 Å². The van der Waals surface area contributed by atoms with Crippen LogP contribution in [-0.2, 0) is 9.84 Å². The Morgan fingerprint density at radius 1 is 1.08 bits per heavy atom. The highest BCUT2D eigenvalue weighted by Gasteiger charge is 2.38. The normalized spacial score (nSPS) is 19.7. The van der Waals surface area contributed by atoms with Crippen LogP contribution in [0.3, 0.4) is 0 Å². The lowest BCUT2D eigenvalue weighted by Crippen LogP contribution is -2.57. The number of anilines is 3. The van der Waals surface area contributed by atoms with E-state index >= 15 is 0 Å². The second kappa shape index (κ2) is 9.34. The Kier molecular flexibility index (Phi) is 6.09. The third kappa shape index (κ3) is 4.84. The molecule has 4 heterocycles. The fraction of sp³-hybridized carbons (Fsp3) is 0.429. The van der Waals surface area contributed by atoms with Gasteiger partial charge in [-0.1, -0.05) is 19.9 Å². The van der Waals surface area contributed by atoms with Crippen molar-refractivity contribution in [1.82, 2.24) is 24.7 Å². The van der Waals surface area contributed by atoms with Gasteiger partial charge in [-0.05, 0) is 54.8 Å². The van der Waals surface area contributed by atoms with Crippen molar-refractivity contribution >= 4 is 37.9 Å². The lowest BCUT2D eigenvalue weighted by atomic mass is 9.88. The molecule has 1 N–H and O–H groups in total. The highest BCUT2D eigenvalue weighted by Crippen LogP contribution is 2.40. The van der Waals surface area contributed by atoms with Gasteiger partial charge in [0.05, 0.1) is 23.6 Å². The van der Waals surface area contributed by atoms with Crippen molar-refractivity contribution in [2.45, 2.75) is 51.6 Å². The summed E-state index contributed by atoms with van der Waals surface area (Å²) >= 11 is 0. The smallest absolute Gasteiger partial charge is 0.164 e. The van der Waals surface area contributed by atoms with Gasteiger partial charge in [0.2, 0.25) is 0 Å². The molecule has 1 aliphatic carbocycles. The number of nitrogens with zero attached hydrogens (tertiary/aromatic N) is 6. The van der Waals surface area contributed by atoms with Crippen LogP contribution in [0, 0.1) is 5.92 Å². The summed E-state index contributed by atoms with van der Waals surface area (Å²) in [5.74, 6) is 2.71. The average Bonchev–Trinajstić information content (AvgIpc) is 3.61. The average molecular weight is 532 g/mol. The highest BCUT2D eigenvalue weighted by atomic mass is 32.2. The van der Waals surface area contributed by atoms with Crippen LogP contribution in [0.4, 0.5) is 17.3 Å². The fourth-order valence-corrected chi connectivity index (χ4v) is 6.51. The molecule has 9 nitrogen and oxygen atoms in total. The van der Waals surface area contributed by atoms with Crippen LogP contribution in [-0.4, -0.2) is 57.7 Å². The summed E-state index contributed by atoms with van der Waals surface area (Å²) in [6.07, 6.45) is 11.2. The van der Waals surface area contributed by atoms with Gasteiger partial charge in [-0.3, -0.25) is 4.68 Å². The van der Waals surface area contributed by atoms with Gasteiger partial charge in [-0.2, -0.15) is 5.10 Å². The third-order valence-corrected chi connectivity index (χ3v) is 8.69. The molecule has 1 saturated heterocycles. The van der Waals surface area contributed by atoms with Crippen molar-refractivity contribution < 1.29 is 8.42 Å². The second-order valence-corrected chi connectivity index (χ2v) is 13.2. The lowest BCUT2D eigenvalue weighted by Gasteiger charge is -2.48. The SMILES string of the molecule is CC(C)c1ccc(N2C[C@H](CS(C)(=O)=O)[C@H]2C)c2cnc(Nc3ccnc(-c4cnn(C5CC5)c4)n3)cc12. The molecule has 0 unspecified atom stereocenters. The molecule has 4 aromatic rings. The molecule has 1 aliphatic heterocycles. The first-order valence-corrected chi connectivity index (χ1v) is 15.2. The van der Waals surface area contributed by atoms with E-state index in [1.165, 1.54) is 24.7 Å². The van der Waals surface area contributed by atoms with E-state index in [4.69, 9.17) is 9.97 Å². The van der Waals surface area contributed by atoms with E-state index in [0.717, 1.165) is 28.6 Å². The van der Waals surface area contributed by atoms with Gasteiger partial charge in [0.1, 0.15) is 21.5 Å². The zero-order chi connectivity index (χ0) is 26.6. The number of fused-ring (bicyclic) bond motifs is 1. The number of benzene rings is 1. The van der Waals surface area contributed by atoms with Crippen molar-refractivity contribution in [3.05, 3.63) is 54.6 Å². The number of hydrogen-bond acceptors (Lipinski definition) is 8. The van der Waals surface area contributed by atoms with Gasteiger partial charge in [0.25, 0.3) is 0 Å². The van der Waals surface area contributed by atoms with Crippen LogP contribution in [0.25, 0.3) is 22.2 Å². The maximum atomic E-state index is 11.8. The van der Waals surface area contributed by atoms with Crippen LogP contribution in [0.2, 0.25) is 0 Å². The third-order valence-electron chi connectivity index (χ3n) is 7.66. The first-order valence-electron chi connectivity index (χ1n) is 13.2. The molecule has 1 saturated carbocycles. The summed E-state index contributed by atoms with van der Waals surface area (Å²) in [6, 6.07) is 8.92. The molecule has 2 fully saturated rings. The molecular weight excluding hydrogens is 498 g/mol. The van der Waals surface area contributed by atoms with E-state index in [1.54, 1.807) is 6.20 Å². The van der Waals surface area contributed by atoms with Crippen LogP contribution in [0.5, 0.6) is 0 Å². The van der Waals surface area contributed by atoms with Crippen LogP contribution in [0.1, 0.15) is 51.1 Å². The molecule has 6 rings (SSSR count). The van der Waals surface area contributed by atoms with E-state index in [1.807, 2.05) is 29.3 Å². The number of rotatable bonds is 8. The molecule has 0 spiro atoms. The van der Waals surface area contributed by atoms with Gasteiger partial charge >= 0.3 is 0 Å². The Hall–Kier alpha value is -3.53. The van der Waals surface area contributed by atoms with Crippen molar-refractivity contribution in [3.63, 3.8) is 0 Å². The molecule has 1 aromatic carbocycles. The highest BCUT2D eigenvalue weighted by molar-refractivity contribution is 7.90. The summed E-state index contributed by atoms with van der Waals surface area (Å²) in [6.45, 7) is 7.21. The van der Waals surface area contributed by atoms with E-state index in [-0.39, 0.29) is 17.7 Å². The summed E-state index contributed by atoms with van der Waals surface area (Å²) in [4.78, 5) is 16.2. The monoisotopic (exact) mass is 531 g/mol. The molecular formula is C28H33N7O2S. The molecule has 2 aliphatic rings. The Balaban J connectivity index is 1.29. The summed E-state index contributed by atoms with van der Waals surface area (Å²) in [7, 11) is -3.00. The molecule has 3 aromatic heterocycles. The Morgan fingerprint density at radius 3 is 2.61 bits per heavy atom. The van der Waals surface area contributed by atoms with Gasteiger partial charge < -0.3 is 10.2 Å². The lowest BCUT2D eigenvalue weighted by molar-refractivity contribution is 0.342. The molecule has 10 heteroatoms. The second-order valence-electron chi connectivity index (χ2n) is 11.0. The van der Waals surface area contributed by atoms with E-state index < -0.39 is 9.84 Å². The van der Waals surface area contributed by atoms with Crippen molar-refractivity contribution in [2.24, 2.45) is 5.92 Å². The summed E-state index contributed by atoms with van der Waals surface area (Å²) in [5.41, 5.74) is 3.24.